The Kier molecular flexibility index (Phi) is 6.78. The fraction of sp³-hybridized carbons (Fsp3) is 0.158. The van der Waals surface area contributed by atoms with Gasteiger partial charge in [0.1, 0.15) is 5.82 Å². The first-order chi connectivity index (χ1) is 14.0. The van der Waals surface area contributed by atoms with Gasteiger partial charge < -0.3 is 5.32 Å². The Balaban J connectivity index is 1.65. The Morgan fingerprint density at radius 1 is 1.00 bits per heavy atom. The molecule has 0 bridgehead atoms. The summed E-state index contributed by atoms with van der Waals surface area (Å²) in [6.07, 6.45) is 5.34. The van der Waals surface area contributed by atoms with Crippen molar-refractivity contribution in [2.24, 2.45) is 0 Å². The van der Waals surface area contributed by atoms with E-state index in [0.717, 1.165) is 0 Å². The predicted molar refractivity (Wildman–Crippen MR) is 112 cm³/mol. The largest absolute Gasteiger partial charge is 0.325 e. The second-order valence-corrected chi connectivity index (χ2v) is 8.73. The van der Waals surface area contributed by atoms with Gasteiger partial charge in [-0.2, -0.15) is 0 Å². The van der Waals surface area contributed by atoms with Crippen molar-refractivity contribution < 1.29 is 13.2 Å². The molecular formula is C19H19N5O3S2. The molecule has 0 spiro atoms. The number of hydrogen-bond acceptors (Lipinski definition) is 7. The third-order valence-corrected chi connectivity index (χ3v) is 6.41. The molecule has 8 nitrogen and oxygen atoms in total. The molecule has 0 aliphatic rings. The molecule has 0 saturated heterocycles. The van der Waals surface area contributed by atoms with Crippen LogP contribution in [0.5, 0.6) is 0 Å². The third-order valence-electron chi connectivity index (χ3n) is 3.79. The molecule has 0 saturated carbocycles. The molecule has 10 heteroatoms. The lowest BCUT2D eigenvalue weighted by atomic mass is 10.3. The lowest BCUT2D eigenvalue weighted by Crippen LogP contribution is -2.24. The molecule has 3 aromatic rings. The zero-order chi connectivity index (χ0) is 20.7. The van der Waals surface area contributed by atoms with Crippen LogP contribution in [0.2, 0.25) is 0 Å². The lowest BCUT2D eigenvalue weighted by Gasteiger charge is -2.14. The number of amides is 1. The van der Waals surface area contributed by atoms with Crippen molar-refractivity contribution in [2.75, 3.05) is 10.0 Å². The van der Waals surface area contributed by atoms with Gasteiger partial charge in [0.25, 0.3) is 10.0 Å². The SMILES string of the molecule is CCC(Sc1ncccn1)C(=O)Nc1ccc(S(=O)(=O)Nc2ccccn2)cc1. The maximum absolute atomic E-state index is 12.5. The summed E-state index contributed by atoms with van der Waals surface area (Å²) in [6, 6.07) is 12.6. The predicted octanol–water partition coefficient (Wildman–Crippen LogP) is 3.18. The number of nitrogens with one attached hydrogen (secondary N) is 2. The first-order valence-corrected chi connectivity index (χ1v) is 11.1. The Morgan fingerprint density at radius 2 is 1.69 bits per heavy atom. The molecule has 0 fully saturated rings. The maximum atomic E-state index is 12.5. The summed E-state index contributed by atoms with van der Waals surface area (Å²) < 4.78 is 27.3. The standard InChI is InChI=1S/C19H19N5O3S2/c1-2-16(28-19-21-12-5-13-22-19)18(25)23-14-7-9-15(10-8-14)29(26,27)24-17-6-3-4-11-20-17/h3-13,16H,2H2,1H3,(H,20,24)(H,23,25). The quantitative estimate of drug-likeness (QED) is 0.417. The van der Waals surface area contributed by atoms with Crippen LogP contribution in [0.4, 0.5) is 11.5 Å². The monoisotopic (exact) mass is 429 g/mol. The summed E-state index contributed by atoms with van der Waals surface area (Å²) in [5, 5.41) is 2.95. The van der Waals surface area contributed by atoms with E-state index in [4.69, 9.17) is 0 Å². The summed E-state index contributed by atoms with van der Waals surface area (Å²) in [7, 11) is -3.77. The highest BCUT2D eigenvalue weighted by Gasteiger charge is 2.20. The fourth-order valence-electron chi connectivity index (χ4n) is 2.36. The van der Waals surface area contributed by atoms with Crippen LogP contribution in [0.25, 0.3) is 0 Å². The molecule has 0 aliphatic carbocycles. The van der Waals surface area contributed by atoms with Gasteiger partial charge in [-0.25, -0.2) is 23.4 Å². The van der Waals surface area contributed by atoms with Crippen LogP contribution in [0.3, 0.4) is 0 Å². The molecule has 0 radical (unpaired) electrons. The Labute approximate surface area is 173 Å². The van der Waals surface area contributed by atoms with Crippen LogP contribution in [0.15, 0.2) is 77.2 Å². The second kappa shape index (κ2) is 9.48. The van der Waals surface area contributed by atoms with Crippen LogP contribution in [0.1, 0.15) is 13.3 Å². The molecule has 2 aromatic heterocycles. The molecule has 0 aliphatic heterocycles. The molecule has 1 aromatic carbocycles. The minimum atomic E-state index is -3.77. The van der Waals surface area contributed by atoms with E-state index in [1.807, 2.05) is 6.92 Å². The highest BCUT2D eigenvalue weighted by atomic mass is 32.2. The Hall–Kier alpha value is -2.98. The number of aromatic nitrogens is 3. The summed E-state index contributed by atoms with van der Waals surface area (Å²) in [5.41, 5.74) is 0.500. The molecule has 1 atom stereocenters. The van der Waals surface area contributed by atoms with Crippen LogP contribution in [-0.4, -0.2) is 34.5 Å². The van der Waals surface area contributed by atoms with E-state index >= 15 is 0 Å². The van der Waals surface area contributed by atoms with Crippen LogP contribution in [0, 0.1) is 0 Å². The highest BCUT2D eigenvalue weighted by Crippen LogP contribution is 2.23. The van der Waals surface area contributed by atoms with E-state index in [0.29, 0.717) is 17.3 Å². The van der Waals surface area contributed by atoms with Gasteiger partial charge in [0.05, 0.1) is 10.1 Å². The first kappa shape index (κ1) is 20.7. The number of carbonyl (C=O) groups is 1. The van der Waals surface area contributed by atoms with Gasteiger partial charge in [0.15, 0.2) is 5.16 Å². The van der Waals surface area contributed by atoms with E-state index in [1.54, 1.807) is 48.8 Å². The van der Waals surface area contributed by atoms with Crippen LogP contribution >= 0.6 is 11.8 Å². The van der Waals surface area contributed by atoms with Crippen molar-refractivity contribution in [3.63, 3.8) is 0 Å². The number of carbonyl (C=O) groups excluding carboxylic acids is 1. The second-order valence-electron chi connectivity index (χ2n) is 5.88. The molecule has 1 unspecified atom stereocenters. The number of thioether (sulfide) groups is 1. The van der Waals surface area contributed by atoms with Gasteiger partial charge in [-0.05, 0) is 48.9 Å². The lowest BCUT2D eigenvalue weighted by molar-refractivity contribution is -0.115. The smallest absolute Gasteiger partial charge is 0.263 e. The van der Waals surface area contributed by atoms with Gasteiger partial charge in [0, 0.05) is 24.3 Å². The van der Waals surface area contributed by atoms with Gasteiger partial charge in [-0.3, -0.25) is 9.52 Å². The average molecular weight is 430 g/mol. The van der Waals surface area contributed by atoms with E-state index in [-0.39, 0.29) is 21.9 Å². The zero-order valence-electron chi connectivity index (χ0n) is 15.5. The summed E-state index contributed by atoms with van der Waals surface area (Å²) in [5.74, 6) is 0.0305. The van der Waals surface area contributed by atoms with Gasteiger partial charge in [-0.15, -0.1) is 0 Å². The summed E-state index contributed by atoms with van der Waals surface area (Å²) in [6.45, 7) is 1.90. The molecule has 150 valence electrons. The topological polar surface area (TPSA) is 114 Å². The van der Waals surface area contributed by atoms with Crippen LogP contribution < -0.4 is 10.0 Å². The molecule has 29 heavy (non-hydrogen) atoms. The van der Waals surface area contributed by atoms with E-state index in [9.17, 15) is 13.2 Å². The average Bonchev–Trinajstić information content (AvgIpc) is 2.73. The minimum Gasteiger partial charge on any atom is -0.325 e. The van der Waals surface area contributed by atoms with E-state index < -0.39 is 10.0 Å². The molecule has 2 heterocycles. The first-order valence-electron chi connectivity index (χ1n) is 8.76. The van der Waals surface area contributed by atoms with Gasteiger partial charge >= 0.3 is 0 Å². The van der Waals surface area contributed by atoms with Crippen molar-refractivity contribution in [1.29, 1.82) is 0 Å². The van der Waals surface area contributed by atoms with Gasteiger partial charge in [0.2, 0.25) is 5.91 Å². The van der Waals surface area contributed by atoms with Crippen molar-refractivity contribution in [2.45, 2.75) is 28.6 Å². The normalized spacial score (nSPS) is 12.2. The Morgan fingerprint density at radius 3 is 2.31 bits per heavy atom. The minimum absolute atomic E-state index is 0.0697. The number of pyridine rings is 1. The summed E-state index contributed by atoms with van der Waals surface area (Å²) in [4.78, 5) is 24.8. The van der Waals surface area contributed by atoms with Crippen LogP contribution in [-0.2, 0) is 14.8 Å². The zero-order valence-corrected chi connectivity index (χ0v) is 17.2. The fourth-order valence-corrected chi connectivity index (χ4v) is 4.19. The number of nitrogens with zero attached hydrogens (tertiary/aromatic N) is 3. The highest BCUT2D eigenvalue weighted by molar-refractivity contribution is 8.00. The number of sulfonamides is 1. The molecule has 1 amide bonds. The number of benzene rings is 1. The molecular weight excluding hydrogens is 410 g/mol. The third kappa shape index (κ3) is 5.75. The van der Waals surface area contributed by atoms with Crippen molar-refractivity contribution in [3.05, 3.63) is 67.1 Å². The van der Waals surface area contributed by atoms with Crippen molar-refractivity contribution in [3.8, 4) is 0 Å². The van der Waals surface area contributed by atoms with Crippen molar-refractivity contribution >= 4 is 39.2 Å². The number of hydrogen-bond donors (Lipinski definition) is 2. The Bertz CT molecular complexity index is 1050. The van der Waals surface area contributed by atoms with Gasteiger partial charge in [-0.1, -0.05) is 24.8 Å². The van der Waals surface area contributed by atoms with E-state index in [1.165, 1.54) is 30.1 Å². The van der Waals surface area contributed by atoms with Crippen molar-refractivity contribution in [1.82, 2.24) is 15.0 Å². The van der Waals surface area contributed by atoms with E-state index in [2.05, 4.69) is 25.0 Å². The maximum Gasteiger partial charge on any atom is 0.263 e. The summed E-state index contributed by atoms with van der Waals surface area (Å²) >= 11 is 1.28. The molecule has 2 N–H and O–H groups in total. The molecule has 3 rings (SSSR count). The number of rotatable bonds is 8. The number of anilines is 2.